The second-order valence-electron chi connectivity index (χ2n) is 8.02. The van der Waals surface area contributed by atoms with E-state index in [0.717, 1.165) is 26.3 Å². The van der Waals surface area contributed by atoms with E-state index in [1.807, 2.05) is 25.7 Å². The van der Waals surface area contributed by atoms with Crippen molar-refractivity contribution in [2.24, 2.45) is 0 Å². The van der Waals surface area contributed by atoms with Gasteiger partial charge in [0.1, 0.15) is 5.60 Å². The Morgan fingerprint density at radius 1 is 1.17 bits per heavy atom. The second kappa shape index (κ2) is 7.36. The molecule has 2 aliphatic heterocycles. The zero-order valence-corrected chi connectivity index (χ0v) is 15.5. The molecule has 0 aliphatic carbocycles. The molecule has 1 amide bonds. The molecule has 4 atom stereocenters. The Morgan fingerprint density at radius 3 is 2.35 bits per heavy atom. The fourth-order valence-electron chi connectivity index (χ4n) is 3.28. The van der Waals surface area contributed by atoms with E-state index >= 15 is 0 Å². The molecule has 23 heavy (non-hydrogen) atoms. The lowest BCUT2D eigenvalue weighted by Gasteiger charge is -2.44. The molecule has 6 heteroatoms. The van der Waals surface area contributed by atoms with Crippen LogP contribution in [-0.2, 0) is 9.47 Å². The molecule has 2 heterocycles. The minimum atomic E-state index is -0.454. The number of morpholine rings is 1. The first kappa shape index (κ1) is 18.5. The van der Waals surface area contributed by atoms with E-state index in [0.29, 0.717) is 18.6 Å². The Hall–Kier alpha value is -0.850. The van der Waals surface area contributed by atoms with Crippen molar-refractivity contribution in [2.75, 3.05) is 32.8 Å². The fourth-order valence-corrected chi connectivity index (χ4v) is 3.28. The highest BCUT2D eigenvalue weighted by molar-refractivity contribution is 5.68. The van der Waals surface area contributed by atoms with E-state index in [1.165, 1.54) is 0 Å². The lowest BCUT2D eigenvalue weighted by molar-refractivity contribution is -0.0455. The molecule has 0 radical (unpaired) electrons. The summed E-state index contributed by atoms with van der Waals surface area (Å²) in [4.78, 5) is 16.8. The molecule has 2 fully saturated rings. The summed E-state index contributed by atoms with van der Waals surface area (Å²) in [6.45, 7) is 16.2. The summed E-state index contributed by atoms with van der Waals surface area (Å²) in [5.41, 5.74) is -0.454. The number of carbonyl (C=O) groups excluding carboxylic acids is 1. The first-order valence-corrected chi connectivity index (χ1v) is 8.74. The van der Waals surface area contributed by atoms with Crippen LogP contribution in [0.25, 0.3) is 0 Å². The lowest BCUT2D eigenvalue weighted by Crippen LogP contribution is -2.63. The summed E-state index contributed by atoms with van der Waals surface area (Å²) < 4.78 is 11.2. The predicted molar refractivity (Wildman–Crippen MR) is 90.6 cm³/mol. The van der Waals surface area contributed by atoms with E-state index in [4.69, 9.17) is 9.47 Å². The molecule has 2 saturated heterocycles. The Kier molecular flexibility index (Phi) is 5.92. The van der Waals surface area contributed by atoms with Crippen molar-refractivity contribution in [1.29, 1.82) is 0 Å². The van der Waals surface area contributed by atoms with Gasteiger partial charge in [0.05, 0.1) is 13.2 Å². The van der Waals surface area contributed by atoms with Gasteiger partial charge in [-0.1, -0.05) is 0 Å². The largest absolute Gasteiger partial charge is 0.444 e. The molecule has 0 aromatic heterocycles. The van der Waals surface area contributed by atoms with Crippen molar-refractivity contribution in [1.82, 2.24) is 15.1 Å². The van der Waals surface area contributed by atoms with Crippen LogP contribution in [0.2, 0.25) is 0 Å². The average Bonchev–Trinajstić information content (AvgIpc) is 2.43. The first-order valence-electron chi connectivity index (χ1n) is 8.74. The summed E-state index contributed by atoms with van der Waals surface area (Å²) >= 11 is 0. The fraction of sp³-hybridized carbons (Fsp3) is 0.941. The van der Waals surface area contributed by atoms with E-state index in [-0.39, 0.29) is 18.2 Å². The van der Waals surface area contributed by atoms with Crippen LogP contribution in [0.3, 0.4) is 0 Å². The average molecular weight is 327 g/mol. The highest BCUT2D eigenvalue weighted by Gasteiger charge is 2.34. The van der Waals surface area contributed by atoms with Crippen LogP contribution in [0.5, 0.6) is 0 Å². The van der Waals surface area contributed by atoms with Crippen molar-refractivity contribution in [3.63, 3.8) is 0 Å². The molecule has 0 bridgehead atoms. The number of nitrogens with zero attached hydrogens (tertiary/aromatic N) is 2. The summed E-state index contributed by atoms with van der Waals surface area (Å²) in [7, 11) is 0. The van der Waals surface area contributed by atoms with Gasteiger partial charge in [-0.15, -0.1) is 0 Å². The zero-order valence-electron chi connectivity index (χ0n) is 15.5. The van der Waals surface area contributed by atoms with Gasteiger partial charge in [0, 0.05) is 43.8 Å². The molecule has 2 rings (SSSR count). The summed E-state index contributed by atoms with van der Waals surface area (Å²) in [5.74, 6) is 0. The number of rotatable bonds is 2. The molecular formula is C17H33N3O3. The van der Waals surface area contributed by atoms with Crippen molar-refractivity contribution in [3.8, 4) is 0 Å². The standard InChI is InChI=1S/C17H33N3O3/c1-12-7-18-15(8-19-13(2)10-22-11-14(19)3)9-20(12)16(21)23-17(4,5)6/h12-15,18H,7-11H2,1-6H3/t12?,13-,14-,15?/m1/s1. The summed E-state index contributed by atoms with van der Waals surface area (Å²) in [6, 6.07) is 1.24. The molecule has 2 aliphatic rings. The topological polar surface area (TPSA) is 54.0 Å². The van der Waals surface area contributed by atoms with E-state index in [9.17, 15) is 4.79 Å². The van der Waals surface area contributed by atoms with Crippen molar-refractivity contribution < 1.29 is 14.3 Å². The van der Waals surface area contributed by atoms with Crippen molar-refractivity contribution >= 4 is 6.09 Å². The van der Waals surface area contributed by atoms with E-state index in [1.54, 1.807) is 0 Å². The van der Waals surface area contributed by atoms with Crippen LogP contribution in [-0.4, -0.2) is 78.5 Å². The Balaban J connectivity index is 1.95. The SMILES string of the molecule is CC1CNC(CN2[C@H](C)COC[C@H]2C)CN1C(=O)OC(C)(C)C. The minimum Gasteiger partial charge on any atom is -0.444 e. The molecule has 0 aromatic carbocycles. The van der Waals surface area contributed by atoms with Gasteiger partial charge in [-0.05, 0) is 41.5 Å². The van der Waals surface area contributed by atoms with Gasteiger partial charge in [-0.25, -0.2) is 4.79 Å². The van der Waals surface area contributed by atoms with Gasteiger partial charge in [-0.3, -0.25) is 4.90 Å². The maximum Gasteiger partial charge on any atom is 0.410 e. The van der Waals surface area contributed by atoms with Gasteiger partial charge in [-0.2, -0.15) is 0 Å². The monoisotopic (exact) mass is 327 g/mol. The first-order chi connectivity index (χ1) is 10.7. The van der Waals surface area contributed by atoms with Crippen molar-refractivity contribution in [3.05, 3.63) is 0 Å². The maximum absolute atomic E-state index is 12.4. The Labute approximate surface area is 140 Å². The van der Waals surface area contributed by atoms with Crippen LogP contribution in [0.15, 0.2) is 0 Å². The van der Waals surface area contributed by atoms with E-state index < -0.39 is 5.60 Å². The highest BCUT2D eigenvalue weighted by atomic mass is 16.6. The Bertz CT molecular complexity index is 400. The molecule has 6 nitrogen and oxygen atoms in total. The lowest BCUT2D eigenvalue weighted by atomic mass is 10.1. The number of nitrogens with one attached hydrogen (secondary N) is 1. The molecule has 1 N–H and O–H groups in total. The Morgan fingerprint density at radius 2 is 1.78 bits per heavy atom. The number of amides is 1. The molecule has 0 saturated carbocycles. The third kappa shape index (κ3) is 5.06. The van der Waals surface area contributed by atoms with Crippen LogP contribution in [0.1, 0.15) is 41.5 Å². The minimum absolute atomic E-state index is 0.153. The van der Waals surface area contributed by atoms with Crippen LogP contribution >= 0.6 is 0 Å². The quantitative estimate of drug-likeness (QED) is 0.836. The van der Waals surface area contributed by atoms with Gasteiger partial charge in [0.15, 0.2) is 0 Å². The summed E-state index contributed by atoms with van der Waals surface area (Å²) in [5, 5.41) is 3.57. The number of piperazine rings is 1. The van der Waals surface area contributed by atoms with Crippen LogP contribution < -0.4 is 5.32 Å². The number of hydrogen-bond donors (Lipinski definition) is 1. The molecule has 2 unspecified atom stereocenters. The summed E-state index contributed by atoms with van der Waals surface area (Å²) in [6.07, 6.45) is -0.209. The normalized spacial score (nSPS) is 33.6. The molecule has 134 valence electrons. The third-order valence-electron chi connectivity index (χ3n) is 4.56. The second-order valence-corrected chi connectivity index (χ2v) is 8.02. The molecule has 0 spiro atoms. The highest BCUT2D eigenvalue weighted by Crippen LogP contribution is 2.18. The number of hydrogen-bond acceptors (Lipinski definition) is 5. The number of carbonyl (C=O) groups is 1. The van der Waals surface area contributed by atoms with Gasteiger partial charge in [0.25, 0.3) is 0 Å². The van der Waals surface area contributed by atoms with Gasteiger partial charge >= 0.3 is 6.09 Å². The zero-order chi connectivity index (χ0) is 17.2. The third-order valence-corrected chi connectivity index (χ3v) is 4.56. The molecule has 0 aromatic rings. The van der Waals surface area contributed by atoms with Gasteiger partial charge in [0.2, 0.25) is 0 Å². The smallest absolute Gasteiger partial charge is 0.410 e. The van der Waals surface area contributed by atoms with Crippen LogP contribution in [0, 0.1) is 0 Å². The van der Waals surface area contributed by atoms with Crippen LogP contribution in [0.4, 0.5) is 4.79 Å². The predicted octanol–water partition coefficient (Wildman–Crippen LogP) is 1.69. The van der Waals surface area contributed by atoms with E-state index in [2.05, 4.69) is 31.0 Å². The number of ether oxygens (including phenoxy) is 2. The van der Waals surface area contributed by atoms with Gasteiger partial charge < -0.3 is 19.7 Å². The van der Waals surface area contributed by atoms with Crippen molar-refractivity contribution in [2.45, 2.75) is 71.3 Å². The molecular weight excluding hydrogens is 294 g/mol. The maximum atomic E-state index is 12.4.